The van der Waals surface area contributed by atoms with Crippen LogP contribution < -0.4 is 5.32 Å². The van der Waals surface area contributed by atoms with Crippen molar-refractivity contribution in [1.29, 1.82) is 0 Å². The lowest BCUT2D eigenvalue weighted by Crippen LogP contribution is -2.56. The van der Waals surface area contributed by atoms with E-state index in [1.807, 2.05) is 30.3 Å². The molecule has 3 rings (SSSR count). The number of benzene rings is 1. The fourth-order valence-corrected chi connectivity index (χ4v) is 3.09. The summed E-state index contributed by atoms with van der Waals surface area (Å²) in [5.74, 6) is -0.322. The average Bonchev–Trinajstić information content (AvgIpc) is 2.53. The molecule has 0 aromatic heterocycles. The van der Waals surface area contributed by atoms with Crippen LogP contribution in [0.3, 0.4) is 0 Å². The van der Waals surface area contributed by atoms with Gasteiger partial charge in [0.1, 0.15) is 6.61 Å². The molecule has 2 aliphatic rings. The number of carbonyl (C=O) groups excluding carboxylic acids is 2. The smallest absolute Gasteiger partial charge is 0.254 e. The van der Waals surface area contributed by atoms with Gasteiger partial charge in [-0.2, -0.15) is 0 Å². The standard InChI is InChI=1S/C17H22N2O4/c1-17(10-22-11-17)9-19(2)16(21)15-14(18-13(20)8-23-15)12-6-4-3-5-7-12/h3-7,14-15H,8-11H2,1-2H3,(H,18,20)/t14-,15+/m1/s1. The van der Waals surface area contributed by atoms with Crippen molar-refractivity contribution in [3.05, 3.63) is 35.9 Å². The fraction of sp³-hybridized carbons (Fsp3) is 0.529. The van der Waals surface area contributed by atoms with Crippen molar-refractivity contribution in [2.45, 2.75) is 19.1 Å². The summed E-state index contributed by atoms with van der Waals surface area (Å²) in [4.78, 5) is 26.2. The van der Waals surface area contributed by atoms with Gasteiger partial charge in [0.2, 0.25) is 5.91 Å². The highest BCUT2D eigenvalue weighted by atomic mass is 16.5. The summed E-state index contributed by atoms with van der Waals surface area (Å²) in [6.07, 6.45) is -0.704. The predicted molar refractivity (Wildman–Crippen MR) is 83.6 cm³/mol. The molecule has 0 bridgehead atoms. The Balaban J connectivity index is 1.75. The highest BCUT2D eigenvalue weighted by Crippen LogP contribution is 2.29. The highest BCUT2D eigenvalue weighted by Gasteiger charge is 2.41. The van der Waals surface area contributed by atoms with E-state index in [1.54, 1.807) is 11.9 Å². The fourth-order valence-electron chi connectivity index (χ4n) is 3.09. The van der Waals surface area contributed by atoms with Crippen LogP contribution >= 0.6 is 0 Å². The molecular formula is C17H22N2O4. The van der Waals surface area contributed by atoms with Crippen LogP contribution in [-0.2, 0) is 19.1 Å². The van der Waals surface area contributed by atoms with E-state index in [4.69, 9.17) is 9.47 Å². The van der Waals surface area contributed by atoms with E-state index in [-0.39, 0.29) is 23.8 Å². The predicted octanol–water partition coefficient (Wildman–Crippen LogP) is 0.738. The number of morpholine rings is 1. The van der Waals surface area contributed by atoms with E-state index in [1.165, 1.54) is 0 Å². The highest BCUT2D eigenvalue weighted by molar-refractivity contribution is 5.86. The van der Waals surface area contributed by atoms with Crippen molar-refractivity contribution < 1.29 is 19.1 Å². The molecule has 0 saturated carbocycles. The summed E-state index contributed by atoms with van der Waals surface area (Å²) >= 11 is 0. The van der Waals surface area contributed by atoms with Crippen LogP contribution in [-0.4, -0.2) is 56.2 Å². The molecule has 0 radical (unpaired) electrons. The Hall–Kier alpha value is -1.92. The Kier molecular flexibility index (Phi) is 4.37. The Bertz CT molecular complexity index is 586. The van der Waals surface area contributed by atoms with Crippen molar-refractivity contribution in [1.82, 2.24) is 10.2 Å². The first kappa shape index (κ1) is 16.0. The number of nitrogens with one attached hydrogen (secondary N) is 1. The van der Waals surface area contributed by atoms with Crippen molar-refractivity contribution in [3.8, 4) is 0 Å². The molecule has 1 aromatic carbocycles. The third-order valence-corrected chi connectivity index (χ3v) is 4.31. The first-order chi connectivity index (χ1) is 11.0. The molecule has 0 aliphatic carbocycles. The van der Waals surface area contributed by atoms with Gasteiger partial charge in [0.25, 0.3) is 5.91 Å². The number of carbonyl (C=O) groups is 2. The first-order valence-electron chi connectivity index (χ1n) is 7.77. The SMILES string of the molecule is CN(CC1(C)COC1)C(=O)[C@H]1OCC(=O)N[C@@H]1c1ccccc1. The first-order valence-corrected chi connectivity index (χ1v) is 7.77. The topological polar surface area (TPSA) is 67.9 Å². The normalized spacial score (nSPS) is 26.1. The summed E-state index contributed by atoms with van der Waals surface area (Å²) in [7, 11) is 1.77. The van der Waals surface area contributed by atoms with Crippen molar-refractivity contribution in [2.24, 2.45) is 5.41 Å². The Morgan fingerprint density at radius 3 is 2.65 bits per heavy atom. The molecule has 2 amide bonds. The van der Waals surface area contributed by atoms with Crippen LogP contribution in [0.4, 0.5) is 0 Å². The molecule has 2 aliphatic heterocycles. The zero-order valence-corrected chi connectivity index (χ0v) is 13.5. The van der Waals surface area contributed by atoms with E-state index in [2.05, 4.69) is 12.2 Å². The van der Waals surface area contributed by atoms with E-state index >= 15 is 0 Å². The van der Waals surface area contributed by atoms with Crippen LogP contribution in [0.2, 0.25) is 0 Å². The summed E-state index contributed by atoms with van der Waals surface area (Å²) in [6.45, 7) is 3.94. The zero-order valence-electron chi connectivity index (χ0n) is 13.5. The summed E-state index contributed by atoms with van der Waals surface area (Å²) < 4.78 is 10.8. The molecule has 2 fully saturated rings. The number of amides is 2. The molecule has 1 aromatic rings. The van der Waals surface area contributed by atoms with Gasteiger partial charge < -0.3 is 19.7 Å². The molecule has 2 saturated heterocycles. The molecule has 124 valence electrons. The molecular weight excluding hydrogens is 296 g/mol. The van der Waals surface area contributed by atoms with Gasteiger partial charge >= 0.3 is 0 Å². The number of hydrogen-bond donors (Lipinski definition) is 1. The maximum Gasteiger partial charge on any atom is 0.254 e. The third kappa shape index (κ3) is 3.38. The second-order valence-corrected chi connectivity index (χ2v) is 6.69. The molecule has 1 N–H and O–H groups in total. The third-order valence-electron chi connectivity index (χ3n) is 4.31. The molecule has 2 heterocycles. The lowest BCUT2D eigenvalue weighted by molar-refractivity contribution is -0.160. The van der Waals surface area contributed by atoms with Gasteiger partial charge in [-0.3, -0.25) is 9.59 Å². The number of nitrogens with zero attached hydrogens (tertiary/aromatic N) is 1. The number of ether oxygens (including phenoxy) is 2. The van der Waals surface area contributed by atoms with Gasteiger partial charge in [0.15, 0.2) is 6.10 Å². The molecule has 0 spiro atoms. The van der Waals surface area contributed by atoms with Crippen LogP contribution in [0.25, 0.3) is 0 Å². The van der Waals surface area contributed by atoms with E-state index in [9.17, 15) is 9.59 Å². The van der Waals surface area contributed by atoms with E-state index < -0.39 is 12.1 Å². The lowest BCUT2D eigenvalue weighted by Gasteiger charge is -2.42. The molecule has 6 nitrogen and oxygen atoms in total. The average molecular weight is 318 g/mol. The van der Waals surface area contributed by atoms with Crippen LogP contribution in [0.15, 0.2) is 30.3 Å². The number of likely N-dealkylation sites (N-methyl/N-ethyl adjacent to an activating group) is 1. The Morgan fingerprint density at radius 1 is 1.35 bits per heavy atom. The molecule has 6 heteroatoms. The zero-order chi connectivity index (χ0) is 16.4. The Morgan fingerprint density at radius 2 is 2.04 bits per heavy atom. The van der Waals surface area contributed by atoms with Crippen LogP contribution in [0, 0.1) is 5.41 Å². The molecule has 2 atom stereocenters. The quantitative estimate of drug-likeness (QED) is 0.889. The minimum absolute atomic E-state index is 0.00453. The van der Waals surface area contributed by atoms with Gasteiger partial charge in [-0.15, -0.1) is 0 Å². The van der Waals surface area contributed by atoms with Crippen LogP contribution in [0.1, 0.15) is 18.5 Å². The van der Waals surface area contributed by atoms with Gasteiger partial charge in [-0.25, -0.2) is 0 Å². The summed E-state index contributed by atoms with van der Waals surface area (Å²) in [5, 5.41) is 2.87. The van der Waals surface area contributed by atoms with Gasteiger partial charge in [0, 0.05) is 19.0 Å². The minimum atomic E-state index is -0.704. The molecule has 0 unspecified atom stereocenters. The largest absolute Gasteiger partial charge is 0.380 e. The summed E-state index contributed by atoms with van der Waals surface area (Å²) in [5.41, 5.74) is 0.871. The number of rotatable bonds is 4. The van der Waals surface area contributed by atoms with Gasteiger partial charge in [0.05, 0.1) is 19.3 Å². The maximum atomic E-state index is 12.8. The van der Waals surface area contributed by atoms with Gasteiger partial charge in [-0.05, 0) is 5.56 Å². The minimum Gasteiger partial charge on any atom is -0.380 e. The van der Waals surface area contributed by atoms with E-state index in [0.717, 1.165) is 5.56 Å². The van der Waals surface area contributed by atoms with E-state index in [0.29, 0.717) is 19.8 Å². The van der Waals surface area contributed by atoms with Crippen molar-refractivity contribution in [2.75, 3.05) is 33.4 Å². The monoisotopic (exact) mass is 318 g/mol. The van der Waals surface area contributed by atoms with Crippen molar-refractivity contribution in [3.63, 3.8) is 0 Å². The second kappa shape index (κ2) is 6.29. The lowest BCUT2D eigenvalue weighted by atomic mass is 9.88. The molecule has 23 heavy (non-hydrogen) atoms. The van der Waals surface area contributed by atoms with Crippen molar-refractivity contribution >= 4 is 11.8 Å². The van der Waals surface area contributed by atoms with Crippen LogP contribution in [0.5, 0.6) is 0 Å². The Labute approximate surface area is 135 Å². The summed E-state index contributed by atoms with van der Waals surface area (Å²) in [6, 6.07) is 8.98. The number of hydrogen-bond acceptors (Lipinski definition) is 4. The van der Waals surface area contributed by atoms with Gasteiger partial charge in [-0.1, -0.05) is 37.3 Å². The maximum absolute atomic E-state index is 12.8. The second-order valence-electron chi connectivity index (χ2n) is 6.69.